The van der Waals surface area contributed by atoms with E-state index in [0.717, 1.165) is 10.4 Å². The molecular weight excluding hydrogens is 394 g/mol. The highest BCUT2D eigenvalue weighted by molar-refractivity contribution is 7.92. The number of rotatable bonds is 7. The van der Waals surface area contributed by atoms with Crippen LogP contribution < -0.4 is 5.32 Å². The normalized spacial score (nSPS) is 17.6. The van der Waals surface area contributed by atoms with Crippen LogP contribution in [0.2, 0.25) is 0 Å². The summed E-state index contributed by atoms with van der Waals surface area (Å²) in [4.78, 5) is 15.4. The molecule has 1 atom stereocenters. The van der Waals surface area contributed by atoms with Crippen LogP contribution in [-0.4, -0.2) is 56.3 Å². The minimum absolute atomic E-state index is 0.0164. The van der Waals surface area contributed by atoms with Gasteiger partial charge in [0.1, 0.15) is 0 Å². The zero-order valence-electron chi connectivity index (χ0n) is 15.8. The van der Waals surface area contributed by atoms with E-state index in [4.69, 9.17) is 0 Å². The second kappa shape index (κ2) is 9.47. The first-order valence-corrected chi connectivity index (χ1v) is 11.6. The van der Waals surface area contributed by atoms with Crippen LogP contribution in [0.3, 0.4) is 0 Å². The fraction of sp³-hybridized carbons (Fsp3) is 0.350. The minimum Gasteiger partial charge on any atom is -0.348 e. The Labute approximate surface area is 170 Å². The Morgan fingerprint density at radius 1 is 1.14 bits per heavy atom. The van der Waals surface area contributed by atoms with Gasteiger partial charge < -0.3 is 5.32 Å². The average Bonchev–Trinajstić information content (AvgIpc) is 3.23. The molecule has 0 saturated carbocycles. The number of nitrogens with one attached hydrogen (secondary N) is 1. The fourth-order valence-electron chi connectivity index (χ4n) is 3.06. The van der Waals surface area contributed by atoms with Gasteiger partial charge in [-0.25, -0.2) is 8.42 Å². The Morgan fingerprint density at radius 3 is 2.50 bits per heavy atom. The van der Waals surface area contributed by atoms with Crippen LogP contribution >= 0.6 is 11.3 Å². The Balaban J connectivity index is 1.47. The standard InChI is InChI=1S/C20H25N3O3S2/c1-17(19-8-5-14-27-19)21-20(24)16-22-10-12-23(13-11-22)28(25,26)15-9-18-6-3-2-4-7-18/h2-9,14-15,17H,10-13,16H2,1H3,(H,21,24)/b15-9+/t17-/m0/s1. The SMILES string of the molecule is C[C@H](NC(=O)CN1CCN(S(=O)(=O)/C=C/c2ccccc2)CC1)c1cccs1. The number of carbonyl (C=O) groups excluding carboxylic acids is 1. The molecule has 6 nitrogen and oxygen atoms in total. The predicted octanol–water partition coefficient (Wildman–Crippen LogP) is 2.54. The van der Waals surface area contributed by atoms with E-state index in [1.54, 1.807) is 17.4 Å². The summed E-state index contributed by atoms with van der Waals surface area (Å²) in [5.41, 5.74) is 0.848. The van der Waals surface area contributed by atoms with Gasteiger partial charge in [-0.1, -0.05) is 36.4 Å². The summed E-state index contributed by atoms with van der Waals surface area (Å²) in [6, 6.07) is 13.3. The lowest BCUT2D eigenvalue weighted by molar-refractivity contribution is -0.123. The van der Waals surface area contributed by atoms with Crippen LogP contribution in [0.5, 0.6) is 0 Å². The van der Waals surface area contributed by atoms with Gasteiger partial charge in [-0.2, -0.15) is 4.31 Å². The van der Waals surface area contributed by atoms with Crippen molar-refractivity contribution in [2.24, 2.45) is 0 Å². The quantitative estimate of drug-likeness (QED) is 0.749. The van der Waals surface area contributed by atoms with Gasteiger partial charge in [-0.3, -0.25) is 9.69 Å². The van der Waals surface area contributed by atoms with Crippen molar-refractivity contribution >= 4 is 33.3 Å². The molecule has 1 saturated heterocycles. The summed E-state index contributed by atoms with van der Waals surface area (Å²) < 4.78 is 26.5. The number of nitrogens with zero attached hydrogens (tertiary/aromatic N) is 2. The zero-order chi connectivity index (χ0) is 20.0. The molecule has 0 aliphatic carbocycles. The van der Waals surface area contributed by atoms with Gasteiger partial charge in [-0.15, -0.1) is 11.3 Å². The monoisotopic (exact) mass is 419 g/mol. The molecule has 1 aromatic carbocycles. The molecule has 1 amide bonds. The molecule has 8 heteroatoms. The molecule has 3 rings (SSSR count). The third-order valence-corrected chi connectivity index (χ3v) is 7.26. The lowest BCUT2D eigenvalue weighted by atomic mass is 10.2. The molecule has 1 fully saturated rings. The summed E-state index contributed by atoms with van der Waals surface area (Å²) in [5.74, 6) is -0.0406. The number of hydrogen-bond donors (Lipinski definition) is 1. The van der Waals surface area contributed by atoms with Crippen LogP contribution in [0.15, 0.2) is 53.3 Å². The van der Waals surface area contributed by atoms with Crippen LogP contribution in [0, 0.1) is 0 Å². The van der Waals surface area contributed by atoms with Crippen molar-refractivity contribution in [3.05, 3.63) is 63.7 Å². The second-order valence-corrected chi connectivity index (χ2v) is 9.54. The smallest absolute Gasteiger partial charge is 0.236 e. The maximum absolute atomic E-state index is 12.5. The number of sulfonamides is 1. The van der Waals surface area contributed by atoms with Crippen molar-refractivity contribution in [3.8, 4) is 0 Å². The van der Waals surface area contributed by atoms with E-state index < -0.39 is 10.0 Å². The molecule has 1 aliphatic heterocycles. The third kappa shape index (κ3) is 5.75. The van der Waals surface area contributed by atoms with E-state index in [0.29, 0.717) is 26.2 Å². The Hall–Kier alpha value is -2.00. The summed E-state index contributed by atoms with van der Waals surface area (Å²) in [6.07, 6.45) is 1.61. The number of thiophene rings is 1. The molecule has 0 spiro atoms. The maximum atomic E-state index is 12.5. The van der Waals surface area contributed by atoms with E-state index in [2.05, 4.69) is 5.32 Å². The summed E-state index contributed by atoms with van der Waals surface area (Å²) in [5, 5.41) is 6.24. The molecule has 1 N–H and O–H groups in total. The van der Waals surface area contributed by atoms with E-state index in [1.807, 2.05) is 59.7 Å². The van der Waals surface area contributed by atoms with Gasteiger partial charge in [0.2, 0.25) is 15.9 Å². The van der Waals surface area contributed by atoms with Crippen molar-refractivity contribution in [1.29, 1.82) is 0 Å². The lowest BCUT2D eigenvalue weighted by Crippen LogP contribution is -2.50. The van der Waals surface area contributed by atoms with Crippen molar-refractivity contribution < 1.29 is 13.2 Å². The number of hydrogen-bond acceptors (Lipinski definition) is 5. The molecule has 0 radical (unpaired) electrons. The van der Waals surface area contributed by atoms with E-state index in [9.17, 15) is 13.2 Å². The van der Waals surface area contributed by atoms with Gasteiger partial charge in [0.05, 0.1) is 12.6 Å². The molecule has 150 valence electrons. The van der Waals surface area contributed by atoms with Gasteiger partial charge in [0.25, 0.3) is 0 Å². The Kier molecular flexibility index (Phi) is 7.01. The number of carbonyl (C=O) groups is 1. The Morgan fingerprint density at radius 2 is 1.86 bits per heavy atom. The molecule has 28 heavy (non-hydrogen) atoms. The third-order valence-electron chi connectivity index (χ3n) is 4.64. The van der Waals surface area contributed by atoms with Gasteiger partial charge in [0, 0.05) is 36.5 Å². The number of amides is 1. The van der Waals surface area contributed by atoms with Crippen molar-refractivity contribution in [2.75, 3.05) is 32.7 Å². The molecule has 2 heterocycles. The molecule has 0 bridgehead atoms. The molecule has 2 aromatic rings. The van der Waals surface area contributed by atoms with Gasteiger partial charge in [-0.05, 0) is 30.0 Å². The summed E-state index contributed by atoms with van der Waals surface area (Å²) in [7, 11) is -3.46. The largest absolute Gasteiger partial charge is 0.348 e. The maximum Gasteiger partial charge on any atom is 0.236 e. The Bertz CT molecular complexity index is 888. The highest BCUT2D eigenvalue weighted by Gasteiger charge is 2.26. The molecule has 0 unspecified atom stereocenters. The van der Waals surface area contributed by atoms with Crippen molar-refractivity contribution in [1.82, 2.24) is 14.5 Å². The fourth-order valence-corrected chi connectivity index (χ4v) is 4.96. The topological polar surface area (TPSA) is 69.7 Å². The van der Waals surface area contributed by atoms with E-state index in [1.165, 1.54) is 9.71 Å². The molecular formula is C20H25N3O3S2. The van der Waals surface area contributed by atoms with E-state index >= 15 is 0 Å². The van der Waals surface area contributed by atoms with Gasteiger partial charge in [0.15, 0.2) is 0 Å². The number of benzene rings is 1. The van der Waals surface area contributed by atoms with Crippen LogP contribution in [0.4, 0.5) is 0 Å². The highest BCUT2D eigenvalue weighted by Crippen LogP contribution is 2.18. The predicted molar refractivity (Wildman–Crippen MR) is 113 cm³/mol. The first-order valence-electron chi connectivity index (χ1n) is 9.22. The zero-order valence-corrected chi connectivity index (χ0v) is 17.5. The first-order chi connectivity index (χ1) is 13.4. The molecule has 1 aromatic heterocycles. The highest BCUT2D eigenvalue weighted by atomic mass is 32.2. The average molecular weight is 420 g/mol. The second-order valence-electron chi connectivity index (χ2n) is 6.74. The lowest BCUT2D eigenvalue weighted by Gasteiger charge is -2.33. The van der Waals surface area contributed by atoms with Crippen molar-refractivity contribution in [2.45, 2.75) is 13.0 Å². The van der Waals surface area contributed by atoms with E-state index in [-0.39, 0.29) is 18.5 Å². The first kappa shape index (κ1) is 20.7. The van der Waals surface area contributed by atoms with Crippen molar-refractivity contribution in [3.63, 3.8) is 0 Å². The molecule has 1 aliphatic rings. The van der Waals surface area contributed by atoms with Crippen LogP contribution in [0.25, 0.3) is 6.08 Å². The van der Waals surface area contributed by atoms with Gasteiger partial charge >= 0.3 is 0 Å². The van der Waals surface area contributed by atoms with Crippen LogP contribution in [0.1, 0.15) is 23.4 Å². The summed E-state index contributed by atoms with van der Waals surface area (Å²) in [6.45, 7) is 4.10. The van der Waals surface area contributed by atoms with Crippen LogP contribution in [-0.2, 0) is 14.8 Å². The summed E-state index contributed by atoms with van der Waals surface area (Å²) >= 11 is 1.62. The number of piperazine rings is 1. The minimum atomic E-state index is -3.46.